The highest BCUT2D eigenvalue weighted by molar-refractivity contribution is 5.31. The minimum Gasteiger partial charge on any atom is -0.350 e. The lowest BCUT2D eigenvalue weighted by atomic mass is 10.1. The average molecular weight is 296 g/mol. The van der Waals surface area contributed by atoms with Gasteiger partial charge in [-0.1, -0.05) is 23.8 Å². The van der Waals surface area contributed by atoms with E-state index in [4.69, 9.17) is 0 Å². The maximum atomic E-state index is 4.43. The summed E-state index contributed by atoms with van der Waals surface area (Å²) in [6.45, 7) is 9.55. The van der Waals surface area contributed by atoms with E-state index in [1.807, 2.05) is 19.2 Å². The van der Waals surface area contributed by atoms with E-state index in [-0.39, 0.29) is 0 Å². The van der Waals surface area contributed by atoms with Gasteiger partial charge in [0.05, 0.1) is 0 Å². The number of aromatic nitrogens is 2. The van der Waals surface area contributed by atoms with Crippen molar-refractivity contribution in [3.05, 3.63) is 52.8 Å². The highest BCUT2D eigenvalue weighted by atomic mass is 15.2. The van der Waals surface area contributed by atoms with Crippen LogP contribution < -0.4 is 5.32 Å². The highest BCUT2D eigenvalue weighted by Gasteiger charge is 2.23. The second kappa shape index (κ2) is 6.44. The zero-order valence-electron chi connectivity index (χ0n) is 13.6. The van der Waals surface area contributed by atoms with Gasteiger partial charge in [-0.15, -0.1) is 0 Å². The first-order valence-electron chi connectivity index (χ1n) is 7.95. The van der Waals surface area contributed by atoms with Gasteiger partial charge in [-0.3, -0.25) is 4.90 Å². The van der Waals surface area contributed by atoms with Crippen LogP contribution in [-0.4, -0.2) is 34.0 Å². The second-order valence-corrected chi connectivity index (χ2v) is 6.32. The number of likely N-dealkylation sites (tertiary alicyclic amines) is 1. The van der Waals surface area contributed by atoms with Crippen LogP contribution in [0.25, 0.3) is 0 Å². The van der Waals surface area contributed by atoms with Gasteiger partial charge in [0.15, 0.2) is 0 Å². The van der Waals surface area contributed by atoms with Gasteiger partial charge in [0, 0.05) is 37.6 Å². The molecule has 4 heteroatoms. The van der Waals surface area contributed by atoms with Gasteiger partial charge >= 0.3 is 0 Å². The van der Waals surface area contributed by atoms with Crippen molar-refractivity contribution in [2.24, 2.45) is 0 Å². The standard InChI is InChI=1S/C18H24N4/c1-13-4-5-14(2)16(10-13)11-22-9-7-17(12-22)21-18-19-8-6-15(3)20-18/h4-6,8,10,17H,7,9,11-12H2,1-3H3,(H,19,20,21). The van der Waals surface area contributed by atoms with Crippen LogP contribution in [-0.2, 0) is 6.54 Å². The first kappa shape index (κ1) is 15.0. The molecule has 0 saturated carbocycles. The van der Waals surface area contributed by atoms with Crippen molar-refractivity contribution in [1.29, 1.82) is 0 Å². The quantitative estimate of drug-likeness (QED) is 0.941. The third-order valence-electron chi connectivity index (χ3n) is 4.30. The smallest absolute Gasteiger partial charge is 0.223 e. The summed E-state index contributed by atoms with van der Waals surface area (Å²) in [6, 6.07) is 9.07. The summed E-state index contributed by atoms with van der Waals surface area (Å²) < 4.78 is 0. The summed E-state index contributed by atoms with van der Waals surface area (Å²) in [5.41, 5.74) is 5.15. The molecule has 116 valence electrons. The van der Waals surface area contributed by atoms with Crippen molar-refractivity contribution < 1.29 is 0 Å². The third-order valence-corrected chi connectivity index (χ3v) is 4.30. The Labute approximate surface area is 132 Å². The van der Waals surface area contributed by atoms with Crippen LogP contribution >= 0.6 is 0 Å². The van der Waals surface area contributed by atoms with E-state index in [0.717, 1.165) is 37.7 Å². The summed E-state index contributed by atoms with van der Waals surface area (Å²) >= 11 is 0. The minimum absolute atomic E-state index is 0.437. The Morgan fingerprint density at radius 3 is 2.91 bits per heavy atom. The summed E-state index contributed by atoms with van der Waals surface area (Å²) in [5.74, 6) is 0.749. The number of nitrogens with zero attached hydrogens (tertiary/aromatic N) is 3. The molecule has 0 aliphatic carbocycles. The first-order chi connectivity index (χ1) is 10.6. The van der Waals surface area contributed by atoms with E-state index in [1.165, 1.54) is 16.7 Å². The van der Waals surface area contributed by atoms with Gasteiger partial charge in [-0.05, 0) is 44.4 Å². The number of hydrogen-bond acceptors (Lipinski definition) is 4. The normalized spacial score (nSPS) is 18.6. The van der Waals surface area contributed by atoms with Crippen LogP contribution in [0, 0.1) is 20.8 Å². The van der Waals surface area contributed by atoms with Crippen LogP contribution in [0.1, 0.15) is 28.8 Å². The van der Waals surface area contributed by atoms with Gasteiger partial charge in [-0.25, -0.2) is 9.97 Å². The molecule has 3 rings (SSSR count). The molecular formula is C18H24N4. The molecule has 1 unspecified atom stereocenters. The SMILES string of the molecule is Cc1ccc(C)c(CN2CCC(Nc3nccc(C)n3)C2)c1. The van der Waals surface area contributed by atoms with Crippen LogP contribution in [0.3, 0.4) is 0 Å². The molecular weight excluding hydrogens is 272 g/mol. The van der Waals surface area contributed by atoms with Gasteiger partial charge in [-0.2, -0.15) is 0 Å². The van der Waals surface area contributed by atoms with E-state index in [9.17, 15) is 0 Å². The molecule has 1 saturated heterocycles. The molecule has 0 radical (unpaired) electrons. The molecule has 1 fully saturated rings. The lowest BCUT2D eigenvalue weighted by Gasteiger charge is -2.18. The van der Waals surface area contributed by atoms with Crippen molar-refractivity contribution in [2.45, 2.75) is 39.8 Å². The van der Waals surface area contributed by atoms with E-state index in [1.54, 1.807) is 0 Å². The molecule has 0 spiro atoms. The van der Waals surface area contributed by atoms with Crippen molar-refractivity contribution in [1.82, 2.24) is 14.9 Å². The van der Waals surface area contributed by atoms with Crippen LogP contribution in [0.2, 0.25) is 0 Å². The average Bonchev–Trinajstić information content (AvgIpc) is 2.90. The monoisotopic (exact) mass is 296 g/mol. The summed E-state index contributed by atoms with van der Waals surface area (Å²) in [5, 5.41) is 3.46. The molecule has 1 atom stereocenters. The number of hydrogen-bond donors (Lipinski definition) is 1. The topological polar surface area (TPSA) is 41.0 Å². The Morgan fingerprint density at radius 1 is 1.23 bits per heavy atom. The maximum Gasteiger partial charge on any atom is 0.223 e. The van der Waals surface area contributed by atoms with Crippen LogP contribution in [0.15, 0.2) is 30.5 Å². The molecule has 1 aromatic carbocycles. The van der Waals surface area contributed by atoms with Crippen molar-refractivity contribution in [3.63, 3.8) is 0 Å². The Morgan fingerprint density at radius 2 is 2.09 bits per heavy atom. The number of anilines is 1. The first-order valence-corrected chi connectivity index (χ1v) is 7.95. The lowest BCUT2D eigenvalue weighted by Crippen LogP contribution is -2.27. The molecule has 1 aliphatic rings. The Hall–Kier alpha value is -1.94. The second-order valence-electron chi connectivity index (χ2n) is 6.32. The Bertz CT molecular complexity index is 653. The zero-order chi connectivity index (χ0) is 15.5. The molecule has 2 aromatic rings. The summed E-state index contributed by atoms with van der Waals surface area (Å²) in [4.78, 5) is 11.2. The molecule has 2 heterocycles. The molecule has 1 N–H and O–H groups in total. The number of aryl methyl sites for hydroxylation is 3. The largest absolute Gasteiger partial charge is 0.350 e. The number of benzene rings is 1. The fourth-order valence-electron chi connectivity index (χ4n) is 3.01. The van der Waals surface area contributed by atoms with Crippen LogP contribution in [0.5, 0.6) is 0 Å². The van der Waals surface area contributed by atoms with E-state index < -0.39 is 0 Å². The Kier molecular flexibility index (Phi) is 4.39. The molecule has 22 heavy (non-hydrogen) atoms. The predicted octanol–water partition coefficient (Wildman–Crippen LogP) is 3.09. The predicted molar refractivity (Wildman–Crippen MR) is 90.0 cm³/mol. The van der Waals surface area contributed by atoms with Gasteiger partial charge in [0.25, 0.3) is 0 Å². The Balaban J connectivity index is 1.59. The molecule has 0 bridgehead atoms. The number of rotatable bonds is 4. The fourth-order valence-corrected chi connectivity index (χ4v) is 3.01. The van der Waals surface area contributed by atoms with Crippen molar-refractivity contribution in [2.75, 3.05) is 18.4 Å². The maximum absolute atomic E-state index is 4.43. The zero-order valence-corrected chi connectivity index (χ0v) is 13.6. The lowest BCUT2D eigenvalue weighted by molar-refractivity contribution is 0.328. The highest BCUT2D eigenvalue weighted by Crippen LogP contribution is 2.19. The van der Waals surface area contributed by atoms with Gasteiger partial charge in [0.2, 0.25) is 5.95 Å². The summed E-state index contributed by atoms with van der Waals surface area (Å²) in [6.07, 6.45) is 2.95. The summed E-state index contributed by atoms with van der Waals surface area (Å²) in [7, 11) is 0. The van der Waals surface area contributed by atoms with E-state index in [2.05, 4.69) is 52.2 Å². The van der Waals surface area contributed by atoms with Crippen molar-refractivity contribution in [3.8, 4) is 0 Å². The van der Waals surface area contributed by atoms with Gasteiger partial charge in [0.1, 0.15) is 0 Å². The van der Waals surface area contributed by atoms with Crippen molar-refractivity contribution >= 4 is 5.95 Å². The van der Waals surface area contributed by atoms with E-state index in [0.29, 0.717) is 6.04 Å². The van der Waals surface area contributed by atoms with Gasteiger partial charge < -0.3 is 5.32 Å². The minimum atomic E-state index is 0.437. The molecule has 1 aromatic heterocycles. The molecule has 1 aliphatic heterocycles. The fraction of sp³-hybridized carbons (Fsp3) is 0.444. The van der Waals surface area contributed by atoms with Crippen LogP contribution in [0.4, 0.5) is 5.95 Å². The molecule has 4 nitrogen and oxygen atoms in total. The van der Waals surface area contributed by atoms with E-state index >= 15 is 0 Å². The third kappa shape index (κ3) is 3.63. The molecule has 0 amide bonds. The number of nitrogens with one attached hydrogen (secondary N) is 1.